The van der Waals surface area contributed by atoms with E-state index in [4.69, 9.17) is 0 Å². The third-order valence-corrected chi connectivity index (χ3v) is 4.67. The summed E-state index contributed by atoms with van der Waals surface area (Å²) in [6.07, 6.45) is -1.47. The molecule has 3 aromatic rings. The van der Waals surface area contributed by atoms with Crippen molar-refractivity contribution in [2.24, 2.45) is 13.0 Å². The van der Waals surface area contributed by atoms with E-state index in [9.17, 15) is 18.0 Å². The molecule has 0 unspecified atom stereocenters. The van der Waals surface area contributed by atoms with Crippen LogP contribution in [0.15, 0.2) is 30.7 Å². The molecule has 31 heavy (non-hydrogen) atoms. The van der Waals surface area contributed by atoms with E-state index in [0.717, 1.165) is 0 Å². The average Bonchev–Trinajstić information content (AvgIpc) is 3.06. The molecule has 3 heterocycles. The molecule has 1 amide bonds. The summed E-state index contributed by atoms with van der Waals surface area (Å²) >= 11 is 0. The zero-order valence-electron chi connectivity index (χ0n) is 17.8. The van der Waals surface area contributed by atoms with Gasteiger partial charge in [-0.25, -0.2) is 15.0 Å². The number of nitrogens with one attached hydrogen (secondary N) is 2. The Kier molecular flexibility index (Phi) is 6.05. The summed E-state index contributed by atoms with van der Waals surface area (Å²) in [6.45, 7) is 2.99. The average molecular weight is 435 g/mol. The first-order chi connectivity index (χ1) is 14.5. The Morgan fingerprint density at radius 1 is 1.16 bits per heavy atom. The van der Waals surface area contributed by atoms with Crippen molar-refractivity contribution < 1.29 is 18.0 Å². The van der Waals surface area contributed by atoms with Crippen LogP contribution in [0.2, 0.25) is 0 Å². The number of imidazole rings is 1. The van der Waals surface area contributed by atoms with Crippen LogP contribution in [0.1, 0.15) is 24.2 Å². The molecule has 0 bridgehead atoms. The van der Waals surface area contributed by atoms with Crippen molar-refractivity contribution >= 4 is 34.4 Å². The second kappa shape index (κ2) is 8.40. The molecule has 0 aliphatic carbocycles. The second-order valence-electron chi connectivity index (χ2n) is 7.75. The van der Waals surface area contributed by atoms with Crippen molar-refractivity contribution in [3.8, 4) is 0 Å². The number of hydrogen-bond donors (Lipinski definition) is 2. The lowest BCUT2D eigenvalue weighted by molar-refractivity contribution is -0.150. The highest BCUT2D eigenvalue weighted by Crippen LogP contribution is 2.31. The molecule has 1 atom stereocenters. The Hall–Kier alpha value is -3.37. The topological polar surface area (TPSA) is 88.0 Å². The Morgan fingerprint density at radius 3 is 2.42 bits per heavy atom. The predicted octanol–water partition coefficient (Wildman–Crippen LogP) is 3.81. The fourth-order valence-electron chi connectivity index (χ4n) is 3.04. The predicted molar refractivity (Wildman–Crippen MR) is 112 cm³/mol. The zero-order valence-corrected chi connectivity index (χ0v) is 17.8. The smallest absolute Gasteiger partial charge is 0.358 e. The quantitative estimate of drug-likeness (QED) is 0.612. The molecule has 8 nitrogen and oxygen atoms in total. The van der Waals surface area contributed by atoms with E-state index in [1.54, 1.807) is 37.8 Å². The van der Waals surface area contributed by atoms with Crippen LogP contribution in [0, 0.1) is 5.92 Å². The van der Waals surface area contributed by atoms with Gasteiger partial charge in [-0.2, -0.15) is 13.2 Å². The van der Waals surface area contributed by atoms with Crippen LogP contribution < -0.4 is 10.6 Å². The molecule has 3 aromatic heterocycles. The van der Waals surface area contributed by atoms with E-state index in [2.05, 4.69) is 25.6 Å². The van der Waals surface area contributed by atoms with E-state index < -0.39 is 18.1 Å². The Morgan fingerprint density at radius 2 is 1.87 bits per heavy atom. The van der Waals surface area contributed by atoms with Crippen molar-refractivity contribution in [2.75, 3.05) is 24.7 Å². The van der Waals surface area contributed by atoms with Crippen LogP contribution in [-0.2, 0) is 7.05 Å². The lowest BCUT2D eigenvalue weighted by Gasteiger charge is -2.25. The SMILES string of the molecule is CC(C)[C@@H](Nc1cc(Nc2ccc(C(=O)N(C)C)cn2)c2ncn(C)c2n1)C(F)(F)F. The molecule has 3 rings (SSSR count). The highest BCUT2D eigenvalue weighted by Gasteiger charge is 2.42. The molecule has 2 N–H and O–H groups in total. The fourth-order valence-corrected chi connectivity index (χ4v) is 3.04. The van der Waals surface area contributed by atoms with Crippen LogP contribution in [0.3, 0.4) is 0 Å². The number of carbonyl (C=O) groups excluding carboxylic acids is 1. The molecule has 0 fully saturated rings. The van der Waals surface area contributed by atoms with E-state index in [1.807, 2.05) is 0 Å². The maximum atomic E-state index is 13.4. The van der Waals surface area contributed by atoms with Gasteiger partial charge in [-0.3, -0.25) is 4.79 Å². The summed E-state index contributed by atoms with van der Waals surface area (Å²) in [4.78, 5) is 26.3. The van der Waals surface area contributed by atoms with Gasteiger partial charge in [-0.1, -0.05) is 13.8 Å². The van der Waals surface area contributed by atoms with Crippen molar-refractivity contribution in [2.45, 2.75) is 26.1 Å². The highest BCUT2D eigenvalue weighted by atomic mass is 19.4. The molecule has 11 heteroatoms. The minimum Gasteiger partial charge on any atom is -0.358 e. The number of aromatic nitrogens is 4. The normalized spacial score (nSPS) is 12.8. The highest BCUT2D eigenvalue weighted by molar-refractivity contribution is 5.94. The summed E-state index contributed by atoms with van der Waals surface area (Å²) in [5.74, 6) is -0.401. The second-order valence-corrected chi connectivity index (χ2v) is 7.75. The number of anilines is 3. The van der Waals surface area contributed by atoms with Crippen molar-refractivity contribution in [3.63, 3.8) is 0 Å². The summed E-state index contributed by atoms with van der Waals surface area (Å²) in [5, 5.41) is 5.57. The molecular weight excluding hydrogens is 411 g/mol. The Bertz CT molecular complexity index is 1070. The van der Waals surface area contributed by atoms with Crippen LogP contribution in [-0.4, -0.2) is 56.6 Å². The maximum absolute atomic E-state index is 13.4. The lowest BCUT2D eigenvalue weighted by atomic mass is 10.0. The number of aryl methyl sites for hydroxylation is 1. The van der Waals surface area contributed by atoms with Gasteiger partial charge < -0.3 is 20.1 Å². The van der Waals surface area contributed by atoms with Crippen LogP contribution in [0.25, 0.3) is 11.2 Å². The summed E-state index contributed by atoms with van der Waals surface area (Å²) in [5.41, 5.74) is 1.76. The van der Waals surface area contributed by atoms with Crippen LogP contribution in [0.5, 0.6) is 0 Å². The van der Waals surface area contributed by atoms with Gasteiger partial charge in [-0.15, -0.1) is 0 Å². The number of fused-ring (bicyclic) bond motifs is 1. The van der Waals surface area contributed by atoms with Gasteiger partial charge in [-0.05, 0) is 18.1 Å². The number of halogens is 3. The largest absolute Gasteiger partial charge is 0.408 e. The van der Waals surface area contributed by atoms with Crippen molar-refractivity contribution in [1.29, 1.82) is 0 Å². The number of hydrogen-bond acceptors (Lipinski definition) is 6. The molecule has 0 saturated heterocycles. The number of nitrogens with zero attached hydrogens (tertiary/aromatic N) is 5. The number of amides is 1. The molecule has 0 aliphatic heterocycles. The van der Waals surface area contributed by atoms with Gasteiger partial charge in [0.05, 0.1) is 17.6 Å². The van der Waals surface area contributed by atoms with Crippen molar-refractivity contribution in [1.82, 2.24) is 24.4 Å². The molecular formula is C20H24F3N7O. The third-order valence-electron chi connectivity index (χ3n) is 4.67. The van der Waals surface area contributed by atoms with Gasteiger partial charge in [0.2, 0.25) is 0 Å². The Balaban J connectivity index is 1.96. The first-order valence-corrected chi connectivity index (χ1v) is 9.57. The lowest BCUT2D eigenvalue weighted by Crippen LogP contribution is -2.40. The zero-order chi connectivity index (χ0) is 22.9. The fraction of sp³-hybridized carbons (Fsp3) is 0.400. The van der Waals surface area contributed by atoms with E-state index in [-0.39, 0.29) is 11.7 Å². The van der Waals surface area contributed by atoms with Crippen LogP contribution >= 0.6 is 0 Å². The van der Waals surface area contributed by atoms with Gasteiger partial charge in [0.25, 0.3) is 5.91 Å². The molecule has 0 saturated carbocycles. The van der Waals surface area contributed by atoms with Gasteiger partial charge in [0, 0.05) is 33.4 Å². The molecule has 0 spiro atoms. The van der Waals surface area contributed by atoms with Gasteiger partial charge in [0.15, 0.2) is 5.65 Å². The summed E-state index contributed by atoms with van der Waals surface area (Å²) in [6, 6.07) is 2.95. The number of pyridine rings is 2. The number of rotatable bonds is 6. The standard InChI is InChI=1S/C20H24F3N7O/c1-11(2)17(20(21,22)23)27-15-8-13(16-18(28-15)30(5)10-25-16)26-14-7-6-12(9-24-14)19(31)29(3)4/h6-11,17H,1-5H3,(H2,24,26,27,28)/t17-/m1/s1. The van der Waals surface area contributed by atoms with E-state index >= 15 is 0 Å². The van der Waals surface area contributed by atoms with E-state index in [0.29, 0.717) is 28.2 Å². The maximum Gasteiger partial charge on any atom is 0.408 e. The number of alkyl halides is 3. The van der Waals surface area contributed by atoms with Crippen LogP contribution in [0.4, 0.5) is 30.5 Å². The Labute approximate surface area is 177 Å². The molecule has 0 radical (unpaired) electrons. The minimum absolute atomic E-state index is 0.0639. The molecule has 0 aromatic carbocycles. The minimum atomic E-state index is -4.43. The summed E-state index contributed by atoms with van der Waals surface area (Å²) in [7, 11) is 4.99. The van der Waals surface area contributed by atoms with E-state index in [1.165, 1.54) is 37.3 Å². The summed E-state index contributed by atoms with van der Waals surface area (Å²) < 4.78 is 41.9. The molecule has 0 aliphatic rings. The monoisotopic (exact) mass is 435 g/mol. The first-order valence-electron chi connectivity index (χ1n) is 9.57. The van der Waals surface area contributed by atoms with Gasteiger partial charge >= 0.3 is 6.18 Å². The van der Waals surface area contributed by atoms with Crippen molar-refractivity contribution in [3.05, 3.63) is 36.3 Å². The third kappa shape index (κ3) is 4.86. The van der Waals surface area contributed by atoms with Gasteiger partial charge in [0.1, 0.15) is 23.2 Å². The number of carbonyl (C=O) groups is 1. The first kappa shape index (κ1) is 22.3. The molecule has 166 valence electrons.